The topological polar surface area (TPSA) is 108 Å². The molecule has 10 heteroatoms. The normalized spacial score (nSPS) is 13.8. The average Bonchev–Trinajstić information content (AvgIpc) is 3.33. The number of hydrogen-bond acceptors (Lipinski definition) is 7. The Balaban J connectivity index is 4.20. The first-order valence-electron chi connectivity index (χ1n) is 29.2. The van der Waals surface area contributed by atoms with Crippen molar-refractivity contribution in [3.05, 3.63) is 72.9 Å². The van der Waals surface area contributed by atoms with Crippen LogP contribution in [0, 0.1) is 0 Å². The van der Waals surface area contributed by atoms with Crippen LogP contribution in [0.15, 0.2) is 72.9 Å². The molecule has 0 spiro atoms. The van der Waals surface area contributed by atoms with Crippen molar-refractivity contribution in [3.8, 4) is 0 Å². The molecule has 0 aliphatic rings. The zero-order valence-corrected chi connectivity index (χ0v) is 47.6. The number of likely N-dealkylation sites (N-methyl/N-ethyl adjacent to an activating group) is 1. The lowest BCUT2D eigenvalue weighted by Gasteiger charge is -2.24. The third-order valence-corrected chi connectivity index (χ3v) is 13.5. The number of nitrogens with zero attached hydrogens (tertiary/aromatic N) is 1. The minimum Gasteiger partial charge on any atom is -0.462 e. The van der Waals surface area contributed by atoms with Crippen molar-refractivity contribution in [2.45, 2.75) is 258 Å². The molecule has 2 atom stereocenters. The van der Waals surface area contributed by atoms with Gasteiger partial charge in [0.25, 0.3) is 0 Å². The molecule has 71 heavy (non-hydrogen) atoms. The number of rotatable bonds is 53. The van der Waals surface area contributed by atoms with E-state index in [4.69, 9.17) is 18.5 Å². The van der Waals surface area contributed by atoms with Crippen molar-refractivity contribution >= 4 is 19.8 Å². The van der Waals surface area contributed by atoms with Crippen LogP contribution in [0.4, 0.5) is 0 Å². The molecule has 1 N–H and O–H groups in total. The average molecular weight is 1020 g/mol. The number of phosphoric ester groups is 1. The summed E-state index contributed by atoms with van der Waals surface area (Å²) >= 11 is 0. The summed E-state index contributed by atoms with van der Waals surface area (Å²) in [5.41, 5.74) is 0. The largest absolute Gasteiger partial charge is 0.472 e. The molecule has 0 heterocycles. The van der Waals surface area contributed by atoms with Gasteiger partial charge in [-0.1, -0.05) is 247 Å². The summed E-state index contributed by atoms with van der Waals surface area (Å²) in [6.07, 6.45) is 68.4. The maximum atomic E-state index is 12.8. The van der Waals surface area contributed by atoms with Crippen LogP contribution in [0.25, 0.3) is 0 Å². The number of quaternary nitrogens is 1. The van der Waals surface area contributed by atoms with Gasteiger partial charge >= 0.3 is 19.8 Å². The standard InChI is InChI=1S/C61H110NO8P/c1-6-8-10-12-14-16-18-20-22-24-26-28-29-30-31-32-34-35-37-39-41-43-45-47-49-51-53-60(63)67-57-59(58-69-71(65,66)68-56-55-62(3,4)5)70-61(64)54-52-50-48-46-44-42-40-38-36-33-27-25-23-21-19-17-15-13-11-9-7-2/h9,11,15,17,21,23,27,33,38,40,44,46,59H,6-8,10,12-14,16,18-20,22,24-26,28-32,34-37,39,41-43,45,47-58H2,1-5H3/p+1/b11-9-,17-15-,23-21-,33-27-,40-38-,46-44-. The zero-order chi connectivity index (χ0) is 52.0. The van der Waals surface area contributed by atoms with E-state index in [1.807, 2.05) is 21.1 Å². The Morgan fingerprint density at radius 3 is 1.20 bits per heavy atom. The van der Waals surface area contributed by atoms with Crippen molar-refractivity contribution in [1.29, 1.82) is 0 Å². The minimum absolute atomic E-state index is 0.0209. The van der Waals surface area contributed by atoms with Crippen molar-refractivity contribution in [3.63, 3.8) is 0 Å². The van der Waals surface area contributed by atoms with Crippen LogP contribution in [-0.2, 0) is 32.7 Å². The molecule has 0 aliphatic carbocycles. The van der Waals surface area contributed by atoms with E-state index in [-0.39, 0.29) is 32.0 Å². The molecule has 9 nitrogen and oxygen atoms in total. The molecule has 0 aromatic heterocycles. The van der Waals surface area contributed by atoms with E-state index in [2.05, 4.69) is 86.8 Å². The van der Waals surface area contributed by atoms with Gasteiger partial charge in [0.2, 0.25) is 0 Å². The molecule has 0 radical (unpaired) electrons. The number of hydrogen-bond donors (Lipinski definition) is 1. The van der Waals surface area contributed by atoms with Gasteiger partial charge in [0.15, 0.2) is 6.10 Å². The quantitative estimate of drug-likeness (QED) is 0.0211. The lowest BCUT2D eigenvalue weighted by molar-refractivity contribution is -0.870. The number of unbranched alkanes of at least 4 members (excludes halogenated alkanes) is 27. The number of allylic oxidation sites excluding steroid dienone is 12. The molecular formula is C61H111NO8P+. The summed E-state index contributed by atoms with van der Waals surface area (Å²) in [7, 11) is 1.45. The summed E-state index contributed by atoms with van der Waals surface area (Å²) < 4.78 is 34.5. The second-order valence-electron chi connectivity index (χ2n) is 20.7. The third kappa shape index (κ3) is 56.6. The van der Waals surface area contributed by atoms with Gasteiger partial charge in [-0.05, 0) is 64.2 Å². The van der Waals surface area contributed by atoms with Crippen molar-refractivity contribution in [2.75, 3.05) is 47.5 Å². The van der Waals surface area contributed by atoms with Gasteiger partial charge in [-0.3, -0.25) is 18.6 Å². The predicted octanol–water partition coefficient (Wildman–Crippen LogP) is 18.1. The predicted molar refractivity (Wildman–Crippen MR) is 302 cm³/mol. The molecule has 0 rings (SSSR count). The van der Waals surface area contributed by atoms with E-state index in [0.717, 1.165) is 70.6 Å². The van der Waals surface area contributed by atoms with Crippen LogP contribution < -0.4 is 0 Å². The summed E-state index contributed by atoms with van der Waals surface area (Å²) in [4.78, 5) is 35.7. The third-order valence-electron chi connectivity index (χ3n) is 12.5. The molecule has 0 amide bonds. The molecule has 0 aromatic carbocycles. The molecule has 0 aromatic rings. The highest BCUT2D eigenvalue weighted by atomic mass is 31.2. The first-order chi connectivity index (χ1) is 34.5. The first-order valence-corrected chi connectivity index (χ1v) is 30.7. The van der Waals surface area contributed by atoms with Crippen molar-refractivity contribution in [2.24, 2.45) is 0 Å². The van der Waals surface area contributed by atoms with Gasteiger partial charge in [-0.2, -0.15) is 0 Å². The van der Waals surface area contributed by atoms with Gasteiger partial charge in [0.1, 0.15) is 19.8 Å². The van der Waals surface area contributed by atoms with Crippen LogP contribution in [0.3, 0.4) is 0 Å². The van der Waals surface area contributed by atoms with Crippen molar-refractivity contribution < 1.29 is 42.1 Å². The van der Waals surface area contributed by atoms with E-state index in [9.17, 15) is 19.0 Å². The van der Waals surface area contributed by atoms with Crippen LogP contribution in [0.5, 0.6) is 0 Å². The fraction of sp³-hybridized carbons (Fsp3) is 0.770. The van der Waals surface area contributed by atoms with Crippen LogP contribution in [-0.4, -0.2) is 74.9 Å². The number of carbonyl (C=O) groups is 2. The maximum absolute atomic E-state index is 12.8. The Hall–Kier alpha value is -2.55. The lowest BCUT2D eigenvalue weighted by Crippen LogP contribution is -2.37. The Morgan fingerprint density at radius 1 is 0.451 bits per heavy atom. The van der Waals surface area contributed by atoms with Crippen LogP contribution in [0.2, 0.25) is 0 Å². The number of ether oxygens (including phenoxy) is 2. The molecule has 0 aliphatic heterocycles. The number of esters is 2. The van der Waals surface area contributed by atoms with E-state index >= 15 is 0 Å². The lowest BCUT2D eigenvalue weighted by atomic mass is 10.0. The summed E-state index contributed by atoms with van der Waals surface area (Å²) in [5.74, 6) is -0.843. The Morgan fingerprint density at radius 2 is 0.803 bits per heavy atom. The van der Waals surface area contributed by atoms with Crippen molar-refractivity contribution in [1.82, 2.24) is 0 Å². The Kier molecular flexibility index (Phi) is 50.4. The molecule has 0 saturated heterocycles. The summed E-state index contributed by atoms with van der Waals surface area (Å²) in [6, 6.07) is 0. The molecule has 0 bridgehead atoms. The van der Waals surface area contributed by atoms with Crippen LogP contribution in [0.1, 0.15) is 251 Å². The molecule has 0 fully saturated rings. The Labute approximate surface area is 438 Å². The Bertz CT molecular complexity index is 1430. The van der Waals surface area contributed by atoms with E-state index < -0.39 is 26.5 Å². The highest BCUT2D eigenvalue weighted by Gasteiger charge is 2.27. The number of phosphoric acid groups is 1. The van der Waals surface area contributed by atoms with Gasteiger partial charge < -0.3 is 18.9 Å². The SMILES string of the molecule is CC/C=C\C/C=C\C/C=C\C/C=C\C/C=C\C/C=C\CCCCC(=O)OC(COC(=O)CCCCCCCCCCCCCCCCCCCCCCCCCCCC)COP(=O)(O)OCC[N+](C)(C)C. The van der Waals surface area contributed by atoms with Gasteiger partial charge in [0, 0.05) is 12.8 Å². The molecule has 2 unspecified atom stereocenters. The summed E-state index contributed by atoms with van der Waals surface area (Å²) in [5, 5.41) is 0. The zero-order valence-electron chi connectivity index (χ0n) is 46.7. The number of carbonyl (C=O) groups excluding carboxylic acids is 2. The maximum Gasteiger partial charge on any atom is 0.472 e. The van der Waals surface area contributed by atoms with E-state index in [0.29, 0.717) is 17.4 Å². The van der Waals surface area contributed by atoms with E-state index in [1.54, 1.807) is 0 Å². The second kappa shape index (κ2) is 52.3. The fourth-order valence-corrected chi connectivity index (χ4v) is 8.76. The highest BCUT2D eigenvalue weighted by molar-refractivity contribution is 7.47. The molecular weight excluding hydrogens is 906 g/mol. The highest BCUT2D eigenvalue weighted by Crippen LogP contribution is 2.43. The monoisotopic (exact) mass is 1020 g/mol. The minimum atomic E-state index is -4.40. The molecule has 0 saturated carbocycles. The molecule has 412 valence electrons. The van der Waals surface area contributed by atoms with Crippen LogP contribution >= 0.6 is 7.82 Å². The van der Waals surface area contributed by atoms with Gasteiger partial charge in [0.05, 0.1) is 27.7 Å². The fourth-order valence-electron chi connectivity index (χ4n) is 8.02. The smallest absolute Gasteiger partial charge is 0.462 e. The van der Waals surface area contributed by atoms with E-state index in [1.165, 1.54) is 148 Å². The first kappa shape index (κ1) is 68.5. The second-order valence-corrected chi connectivity index (χ2v) is 22.1. The van der Waals surface area contributed by atoms with Gasteiger partial charge in [-0.25, -0.2) is 4.57 Å². The van der Waals surface area contributed by atoms with Gasteiger partial charge in [-0.15, -0.1) is 0 Å². The summed E-state index contributed by atoms with van der Waals surface area (Å²) in [6.45, 7) is 4.29.